The number of aromatic nitrogens is 1. The van der Waals surface area contributed by atoms with Crippen LogP contribution in [-0.4, -0.2) is 68.1 Å². The van der Waals surface area contributed by atoms with Crippen LogP contribution in [0.25, 0.3) is 10.9 Å². The zero-order valence-electron chi connectivity index (χ0n) is 34.5. The summed E-state index contributed by atoms with van der Waals surface area (Å²) in [7, 11) is -2.66. The number of unbranched alkanes of at least 4 members (excludes halogenated alkanes) is 1. The van der Waals surface area contributed by atoms with E-state index in [1.807, 2.05) is 6.92 Å². The number of ether oxygens (including phenoxy) is 2. The van der Waals surface area contributed by atoms with Crippen molar-refractivity contribution in [2.24, 2.45) is 5.73 Å². The number of nitrogens with one attached hydrogen (secondary N) is 4. The first-order valence-corrected chi connectivity index (χ1v) is 21.3. The lowest BCUT2D eigenvalue weighted by Crippen LogP contribution is -2.28. The van der Waals surface area contributed by atoms with E-state index in [1.165, 1.54) is 55.8 Å². The van der Waals surface area contributed by atoms with E-state index in [2.05, 4.69) is 38.1 Å². The molecule has 15 nitrogen and oxygen atoms in total. The number of pyridine rings is 1. The molecule has 1 aliphatic heterocycles. The molecule has 0 spiro atoms. The first-order valence-electron chi connectivity index (χ1n) is 19.8. The van der Waals surface area contributed by atoms with Gasteiger partial charge in [0.2, 0.25) is 9.84 Å². The third-order valence-corrected chi connectivity index (χ3v) is 12.0. The highest BCUT2D eigenvalue weighted by atomic mass is 32.2. The van der Waals surface area contributed by atoms with Crippen LogP contribution in [0.15, 0.2) is 107 Å². The molecule has 1 aliphatic rings. The number of aliphatic hydroxyl groups is 1. The number of aliphatic hydroxyl groups excluding tert-OH is 1. The van der Waals surface area contributed by atoms with Gasteiger partial charge in [-0.3, -0.25) is 19.4 Å². The number of benzene rings is 5. The number of phenolic OH excluding ortho intramolecular Hbond substituents is 1. The lowest BCUT2D eigenvalue weighted by Gasteiger charge is -2.23. The fourth-order valence-corrected chi connectivity index (χ4v) is 8.46. The number of aryl methyl sites for hydroxylation is 2. The topological polar surface area (TPSA) is 231 Å². The average Bonchev–Trinajstić information content (AvgIpc) is 3.27. The number of fused-ring (bicyclic) bond motifs is 2. The molecule has 2 heterocycles. The molecule has 322 valence electrons. The van der Waals surface area contributed by atoms with Gasteiger partial charge in [0.25, 0.3) is 17.7 Å². The van der Waals surface area contributed by atoms with Crippen molar-refractivity contribution in [3.8, 4) is 29.1 Å². The Kier molecular flexibility index (Phi) is 12.9. The highest BCUT2D eigenvalue weighted by Gasteiger charge is 2.26. The first kappa shape index (κ1) is 43.6. The van der Waals surface area contributed by atoms with Crippen molar-refractivity contribution in [2.75, 3.05) is 42.8 Å². The monoisotopic (exact) mass is 868 g/mol. The minimum atomic E-state index is -4.19. The highest BCUT2D eigenvalue weighted by Crippen LogP contribution is 2.41. The van der Waals surface area contributed by atoms with Crippen molar-refractivity contribution in [2.45, 2.75) is 42.6 Å². The quantitative estimate of drug-likeness (QED) is 0.0365. The van der Waals surface area contributed by atoms with Gasteiger partial charge in [0.1, 0.15) is 17.2 Å². The number of primary amides is 1. The number of hydrogen-bond donors (Lipinski definition) is 7. The SMILES string of the molecule is COc1cccc(Nc2c(C(N)=O)cnc3c(C)cc(S(=O)(=O)c4cccc(C(=O)Nc5ccc(C#CCCCNC[C@H](O)c6ccc(O)c7c6OCC(=O)N7)c(C)c5)c4)cc23)c1. The highest BCUT2D eigenvalue weighted by molar-refractivity contribution is 7.91. The largest absolute Gasteiger partial charge is 0.506 e. The van der Waals surface area contributed by atoms with Crippen LogP contribution >= 0.6 is 0 Å². The maximum atomic E-state index is 14.2. The van der Waals surface area contributed by atoms with Crippen LogP contribution in [0.1, 0.15) is 61.9 Å². The van der Waals surface area contributed by atoms with Crippen LogP contribution in [0.2, 0.25) is 0 Å². The number of anilines is 4. The normalized spacial score (nSPS) is 12.5. The maximum absolute atomic E-state index is 14.2. The fraction of sp³-hybridized carbons (Fsp3) is 0.191. The van der Waals surface area contributed by atoms with Crippen molar-refractivity contribution >= 4 is 61.2 Å². The summed E-state index contributed by atoms with van der Waals surface area (Å²) < 4.78 is 39.2. The number of methoxy groups -OCH3 is 1. The molecule has 1 atom stereocenters. The van der Waals surface area contributed by atoms with Gasteiger partial charge < -0.3 is 46.7 Å². The Labute approximate surface area is 363 Å². The molecule has 8 N–H and O–H groups in total. The molecule has 0 fully saturated rings. The Hall–Kier alpha value is -7.45. The molecule has 0 bridgehead atoms. The summed E-state index contributed by atoms with van der Waals surface area (Å²) in [5, 5.41) is 32.9. The van der Waals surface area contributed by atoms with Crippen LogP contribution in [0.4, 0.5) is 22.7 Å². The van der Waals surface area contributed by atoms with Gasteiger partial charge in [-0.05, 0) is 111 Å². The van der Waals surface area contributed by atoms with Crippen LogP contribution < -0.4 is 36.5 Å². The van der Waals surface area contributed by atoms with Crippen LogP contribution in [-0.2, 0) is 14.6 Å². The Balaban J connectivity index is 0.988. The van der Waals surface area contributed by atoms with Gasteiger partial charge in [0.15, 0.2) is 12.4 Å². The maximum Gasteiger partial charge on any atom is 0.262 e. The van der Waals surface area contributed by atoms with Gasteiger partial charge in [-0.25, -0.2) is 8.42 Å². The van der Waals surface area contributed by atoms with Gasteiger partial charge in [0.05, 0.1) is 39.8 Å². The summed E-state index contributed by atoms with van der Waals surface area (Å²) in [5.41, 5.74) is 10.5. The lowest BCUT2D eigenvalue weighted by molar-refractivity contribution is -0.118. The average molecular weight is 869 g/mol. The molecule has 16 heteroatoms. The minimum absolute atomic E-state index is 0.0635. The zero-order chi connectivity index (χ0) is 44.8. The summed E-state index contributed by atoms with van der Waals surface area (Å²) in [6, 6.07) is 24.0. The fourth-order valence-electron chi connectivity index (χ4n) is 7.04. The predicted octanol–water partition coefficient (Wildman–Crippen LogP) is 6.28. The van der Waals surface area contributed by atoms with Crippen molar-refractivity contribution in [1.29, 1.82) is 0 Å². The number of phenols is 1. The van der Waals surface area contributed by atoms with Gasteiger partial charge >= 0.3 is 0 Å². The Morgan fingerprint density at radius 1 is 0.984 bits per heavy atom. The number of carbonyl (C=O) groups excluding carboxylic acids is 3. The summed E-state index contributed by atoms with van der Waals surface area (Å²) >= 11 is 0. The number of aromatic hydroxyl groups is 1. The van der Waals surface area contributed by atoms with Gasteiger partial charge in [-0.1, -0.05) is 24.0 Å². The van der Waals surface area contributed by atoms with Crippen molar-refractivity contribution in [1.82, 2.24) is 10.3 Å². The molecule has 63 heavy (non-hydrogen) atoms. The van der Waals surface area contributed by atoms with Crippen LogP contribution in [0.3, 0.4) is 0 Å². The molecule has 0 unspecified atom stereocenters. The second-order valence-electron chi connectivity index (χ2n) is 14.8. The third kappa shape index (κ3) is 9.71. The molecule has 6 aromatic rings. The van der Waals surface area contributed by atoms with E-state index < -0.39 is 27.8 Å². The smallest absolute Gasteiger partial charge is 0.262 e. The van der Waals surface area contributed by atoms with E-state index in [0.29, 0.717) is 58.5 Å². The number of hydrogen-bond acceptors (Lipinski definition) is 12. The van der Waals surface area contributed by atoms with Crippen LogP contribution in [0.5, 0.6) is 17.2 Å². The molecule has 0 aliphatic carbocycles. The second kappa shape index (κ2) is 18.7. The zero-order valence-corrected chi connectivity index (χ0v) is 35.4. The summed E-state index contributed by atoms with van der Waals surface area (Å²) in [5.74, 6) is 5.34. The van der Waals surface area contributed by atoms with E-state index in [4.69, 9.17) is 15.2 Å². The molecule has 1 aromatic heterocycles. The van der Waals surface area contributed by atoms with E-state index in [0.717, 1.165) is 11.1 Å². The number of nitrogens with zero attached hydrogens (tertiary/aromatic N) is 1. The second-order valence-corrected chi connectivity index (χ2v) is 16.7. The molecular formula is C47H44N6O9S. The Bertz CT molecular complexity index is 2960. The summed E-state index contributed by atoms with van der Waals surface area (Å²) in [6.45, 7) is 4.20. The minimum Gasteiger partial charge on any atom is -0.506 e. The van der Waals surface area contributed by atoms with E-state index >= 15 is 0 Å². The van der Waals surface area contributed by atoms with E-state index in [1.54, 1.807) is 55.5 Å². The number of sulfone groups is 1. The van der Waals surface area contributed by atoms with E-state index in [-0.39, 0.29) is 62.9 Å². The predicted molar refractivity (Wildman–Crippen MR) is 238 cm³/mol. The molecule has 0 saturated heterocycles. The van der Waals surface area contributed by atoms with Crippen molar-refractivity contribution in [3.63, 3.8) is 0 Å². The summed E-state index contributed by atoms with van der Waals surface area (Å²) in [6.07, 6.45) is 1.71. The molecule has 7 rings (SSSR count). The molecular weight excluding hydrogens is 825 g/mol. The molecule has 0 radical (unpaired) electrons. The Morgan fingerprint density at radius 3 is 2.57 bits per heavy atom. The van der Waals surface area contributed by atoms with Crippen LogP contribution in [0, 0.1) is 25.7 Å². The number of nitrogens with two attached hydrogens (primary N) is 1. The number of rotatable bonds is 14. The van der Waals surface area contributed by atoms with Gasteiger partial charge in [-0.15, -0.1) is 0 Å². The van der Waals surface area contributed by atoms with Crippen molar-refractivity contribution < 1.29 is 42.5 Å². The number of carbonyl (C=O) groups is 3. The van der Waals surface area contributed by atoms with Crippen molar-refractivity contribution in [3.05, 3.63) is 131 Å². The first-order chi connectivity index (χ1) is 30.2. The standard InChI is InChI=1S/C47H44N6O9S/c1-27-19-32(15-14-29(27)9-5-4-6-18-49-25-40(55)36-16-17-39(54)44-45(36)62-26-41(56)53-44)52-47(58)30-10-7-13-34(21-30)63(59,60)35-20-28(2)42-37(23-35)43(38(24-50-42)46(48)57)51-31-11-8-12-33(22-31)61-3/h7-8,10-17,19-24,40,49,54-55H,4,6,18,25-26H2,1-3H3,(H2,48,57)(H,50,51)(H,52,58)(H,53,56)/t40-/m0/s1. The summed E-state index contributed by atoms with van der Waals surface area (Å²) in [4.78, 5) is 41.9. The third-order valence-electron chi connectivity index (χ3n) is 10.3. The van der Waals surface area contributed by atoms with Gasteiger partial charge in [0, 0.05) is 58.7 Å². The molecule has 5 aromatic carbocycles. The number of amides is 3. The van der Waals surface area contributed by atoms with Gasteiger partial charge in [-0.2, -0.15) is 0 Å². The molecule has 3 amide bonds. The Morgan fingerprint density at radius 2 is 1.79 bits per heavy atom. The molecule has 0 saturated carbocycles. The van der Waals surface area contributed by atoms with E-state index in [9.17, 15) is 33.0 Å². The lowest BCUT2D eigenvalue weighted by atomic mass is 10.0.